The molecule has 0 aliphatic carbocycles. The molecule has 1 heterocycles. The molecule has 0 aromatic heterocycles. The molecule has 0 aromatic rings. The van der Waals surface area contributed by atoms with Gasteiger partial charge in [0.25, 0.3) is 0 Å². The van der Waals surface area contributed by atoms with Crippen molar-refractivity contribution in [3.63, 3.8) is 0 Å². The average molecular weight is 183 g/mol. The normalized spacial score (nSPS) is 23.6. The van der Waals surface area contributed by atoms with E-state index in [2.05, 4.69) is 0 Å². The molecule has 1 atom stereocenters. The van der Waals surface area contributed by atoms with Crippen LogP contribution in [-0.4, -0.2) is 41.3 Å². The number of urea groups is 1. The van der Waals surface area contributed by atoms with E-state index in [1.807, 2.05) is 20.8 Å². The lowest BCUT2D eigenvalue weighted by Gasteiger charge is -2.23. The molecule has 0 aromatic carbocycles. The molecular formula is C9H17N3O. The second kappa shape index (κ2) is 3.36. The highest BCUT2D eigenvalue weighted by atomic mass is 16.2. The summed E-state index contributed by atoms with van der Waals surface area (Å²) < 4.78 is 0. The van der Waals surface area contributed by atoms with Crippen LogP contribution in [0.2, 0.25) is 0 Å². The standard InChI is InChI=1S/C9H17N3O/c1-5-12-7(6(2)3)8(10)11(4)9(12)13/h6-7,10H,5H2,1-4H3. The molecule has 1 aliphatic rings. The minimum atomic E-state index is -0.0498. The highest BCUT2D eigenvalue weighted by Gasteiger charge is 2.40. The van der Waals surface area contributed by atoms with Crippen LogP contribution in [0.3, 0.4) is 0 Å². The first kappa shape index (κ1) is 10.0. The third-order valence-corrected chi connectivity index (χ3v) is 2.48. The van der Waals surface area contributed by atoms with Gasteiger partial charge >= 0.3 is 6.03 Å². The molecule has 13 heavy (non-hydrogen) atoms. The smallest absolute Gasteiger partial charge is 0.314 e. The summed E-state index contributed by atoms with van der Waals surface area (Å²) in [5, 5.41) is 7.77. The number of hydrogen-bond acceptors (Lipinski definition) is 2. The number of nitrogens with one attached hydrogen (secondary N) is 1. The molecule has 0 bridgehead atoms. The van der Waals surface area contributed by atoms with Gasteiger partial charge in [-0.05, 0) is 12.8 Å². The fraction of sp³-hybridized carbons (Fsp3) is 0.778. The highest BCUT2D eigenvalue weighted by Crippen LogP contribution is 2.21. The number of likely N-dealkylation sites (N-methyl/N-ethyl adjacent to an activating group) is 2. The third kappa shape index (κ3) is 1.41. The Balaban J connectivity index is 2.94. The lowest BCUT2D eigenvalue weighted by atomic mass is 10.0. The zero-order chi connectivity index (χ0) is 10.2. The number of nitrogens with zero attached hydrogens (tertiary/aromatic N) is 2. The summed E-state index contributed by atoms with van der Waals surface area (Å²) in [6, 6.07) is -0.0892. The molecule has 4 heteroatoms. The summed E-state index contributed by atoms with van der Waals surface area (Å²) in [6.45, 7) is 6.69. The van der Waals surface area contributed by atoms with E-state index < -0.39 is 0 Å². The van der Waals surface area contributed by atoms with Crippen molar-refractivity contribution in [3.8, 4) is 0 Å². The van der Waals surface area contributed by atoms with Crippen molar-refractivity contribution in [2.24, 2.45) is 5.92 Å². The van der Waals surface area contributed by atoms with Crippen LogP contribution in [0.4, 0.5) is 4.79 Å². The fourth-order valence-electron chi connectivity index (χ4n) is 1.77. The van der Waals surface area contributed by atoms with Crippen molar-refractivity contribution in [2.45, 2.75) is 26.8 Å². The number of carbonyl (C=O) groups is 1. The van der Waals surface area contributed by atoms with E-state index in [4.69, 9.17) is 5.41 Å². The number of amidine groups is 1. The first-order chi connectivity index (χ1) is 6.00. The molecule has 0 spiro atoms. The number of rotatable bonds is 2. The summed E-state index contributed by atoms with van der Waals surface area (Å²) in [7, 11) is 1.66. The van der Waals surface area contributed by atoms with Gasteiger partial charge in [-0.15, -0.1) is 0 Å². The number of carbonyl (C=O) groups excluding carboxylic acids is 1. The zero-order valence-corrected chi connectivity index (χ0v) is 8.66. The van der Waals surface area contributed by atoms with Crippen molar-refractivity contribution in [2.75, 3.05) is 13.6 Å². The Labute approximate surface area is 79.0 Å². The van der Waals surface area contributed by atoms with Gasteiger partial charge in [-0.3, -0.25) is 10.3 Å². The maximum atomic E-state index is 11.6. The second-order valence-corrected chi connectivity index (χ2v) is 3.70. The van der Waals surface area contributed by atoms with E-state index in [1.54, 1.807) is 11.9 Å². The van der Waals surface area contributed by atoms with Gasteiger partial charge in [-0.1, -0.05) is 13.8 Å². The van der Waals surface area contributed by atoms with Gasteiger partial charge < -0.3 is 4.90 Å². The highest BCUT2D eigenvalue weighted by molar-refractivity contribution is 6.05. The topological polar surface area (TPSA) is 47.4 Å². The molecule has 1 aliphatic heterocycles. The molecule has 1 fully saturated rings. The summed E-state index contributed by atoms with van der Waals surface area (Å²) in [6.07, 6.45) is 0. The van der Waals surface area contributed by atoms with Crippen LogP contribution >= 0.6 is 0 Å². The van der Waals surface area contributed by atoms with E-state index >= 15 is 0 Å². The molecule has 4 nitrogen and oxygen atoms in total. The SMILES string of the molecule is CCN1C(=O)N(C)C(=N)C1C(C)C. The Morgan fingerprint density at radius 2 is 2.08 bits per heavy atom. The molecule has 0 saturated carbocycles. The van der Waals surface area contributed by atoms with Gasteiger partial charge in [0.15, 0.2) is 0 Å². The van der Waals surface area contributed by atoms with Crippen LogP contribution in [0, 0.1) is 11.3 Å². The summed E-state index contributed by atoms with van der Waals surface area (Å²) >= 11 is 0. The van der Waals surface area contributed by atoms with Crippen LogP contribution < -0.4 is 0 Å². The summed E-state index contributed by atoms with van der Waals surface area (Å²) in [5.41, 5.74) is 0. The Kier molecular flexibility index (Phi) is 2.59. The van der Waals surface area contributed by atoms with Crippen LogP contribution in [0.5, 0.6) is 0 Å². The lowest BCUT2D eigenvalue weighted by Crippen LogP contribution is -2.38. The molecular weight excluding hydrogens is 166 g/mol. The minimum Gasteiger partial charge on any atom is -0.314 e. The third-order valence-electron chi connectivity index (χ3n) is 2.48. The average Bonchev–Trinajstić information content (AvgIpc) is 2.29. The zero-order valence-electron chi connectivity index (χ0n) is 8.66. The Hall–Kier alpha value is -1.06. The molecule has 1 rings (SSSR count). The number of hydrogen-bond donors (Lipinski definition) is 1. The van der Waals surface area contributed by atoms with Crippen molar-refractivity contribution in [1.82, 2.24) is 9.80 Å². The van der Waals surface area contributed by atoms with Gasteiger partial charge in [-0.2, -0.15) is 0 Å². The maximum Gasteiger partial charge on any atom is 0.325 e. The largest absolute Gasteiger partial charge is 0.325 e. The van der Waals surface area contributed by atoms with Gasteiger partial charge in [0, 0.05) is 13.6 Å². The quantitative estimate of drug-likeness (QED) is 0.690. The predicted octanol–water partition coefficient (Wildman–Crippen LogP) is 1.38. The molecule has 74 valence electrons. The fourth-order valence-corrected chi connectivity index (χ4v) is 1.77. The first-order valence-electron chi connectivity index (χ1n) is 4.63. The van der Waals surface area contributed by atoms with Crippen LogP contribution in [0.15, 0.2) is 0 Å². The van der Waals surface area contributed by atoms with Gasteiger partial charge in [0.2, 0.25) is 0 Å². The van der Waals surface area contributed by atoms with Crippen molar-refractivity contribution >= 4 is 11.9 Å². The van der Waals surface area contributed by atoms with E-state index in [-0.39, 0.29) is 12.1 Å². The molecule has 2 amide bonds. The maximum absolute atomic E-state index is 11.6. The van der Waals surface area contributed by atoms with Gasteiger partial charge in [0.05, 0.1) is 6.04 Å². The minimum absolute atomic E-state index is 0.0394. The second-order valence-electron chi connectivity index (χ2n) is 3.70. The Morgan fingerprint density at radius 3 is 2.38 bits per heavy atom. The predicted molar refractivity (Wildman–Crippen MR) is 51.9 cm³/mol. The van der Waals surface area contributed by atoms with Gasteiger partial charge in [-0.25, -0.2) is 4.79 Å². The lowest BCUT2D eigenvalue weighted by molar-refractivity contribution is 0.186. The van der Waals surface area contributed by atoms with Crippen LogP contribution in [-0.2, 0) is 0 Å². The van der Waals surface area contributed by atoms with Crippen molar-refractivity contribution < 1.29 is 4.79 Å². The van der Waals surface area contributed by atoms with E-state index in [0.29, 0.717) is 18.3 Å². The molecule has 1 saturated heterocycles. The first-order valence-corrected chi connectivity index (χ1v) is 4.63. The Bertz CT molecular complexity index is 237. The Morgan fingerprint density at radius 1 is 1.54 bits per heavy atom. The van der Waals surface area contributed by atoms with E-state index in [9.17, 15) is 4.79 Å². The van der Waals surface area contributed by atoms with Crippen molar-refractivity contribution in [3.05, 3.63) is 0 Å². The van der Waals surface area contributed by atoms with Gasteiger partial charge in [0.1, 0.15) is 5.84 Å². The van der Waals surface area contributed by atoms with Crippen LogP contribution in [0.25, 0.3) is 0 Å². The number of amides is 2. The monoisotopic (exact) mass is 183 g/mol. The van der Waals surface area contributed by atoms with E-state index in [0.717, 1.165) is 0 Å². The van der Waals surface area contributed by atoms with Crippen molar-refractivity contribution in [1.29, 1.82) is 5.41 Å². The molecule has 1 N–H and O–H groups in total. The summed E-state index contributed by atoms with van der Waals surface area (Å²) in [5.74, 6) is 0.725. The molecule has 1 unspecified atom stereocenters. The van der Waals surface area contributed by atoms with Crippen LogP contribution in [0.1, 0.15) is 20.8 Å². The molecule has 0 radical (unpaired) electrons. The van der Waals surface area contributed by atoms with E-state index in [1.165, 1.54) is 4.90 Å². The summed E-state index contributed by atoms with van der Waals surface area (Å²) in [4.78, 5) is 14.7.